The Morgan fingerprint density at radius 1 is 1.13 bits per heavy atom. The van der Waals surface area contributed by atoms with E-state index in [0.29, 0.717) is 11.4 Å². The Labute approximate surface area is 147 Å². The van der Waals surface area contributed by atoms with Crippen molar-refractivity contribution in [3.63, 3.8) is 0 Å². The van der Waals surface area contributed by atoms with E-state index in [1.165, 1.54) is 9.18 Å². The summed E-state index contributed by atoms with van der Waals surface area (Å²) in [5.41, 5.74) is 0.984. The van der Waals surface area contributed by atoms with Crippen LogP contribution in [0.3, 0.4) is 0 Å². The molecule has 0 saturated carbocycles. The molecule has 1 aromatic heterocycles. The van der Waals surface area contributed by atoms with Crippen LogP contribution in [0.4, 0.5) is 0 Å². The summed E-state index contributed by atoms with van der Waals surface area (Å²) in [4.78, 5) is 3.79. The van der Waals surface area contributed by atoms with E-state index in [4.69, 9.17) is 11.6 Å². The van der Waals surface area contributed by atoms with Crippen LogP contribution >= 0.6 is 22.9 Å². The van der Waals surface area contributed by atoms with Crippen LogP contribution in [-0.4, -0.2) is 38.3 Å². The van der Waals surface area contributed by atoms with Crippen molar-refractivity contribution in [1.82, 2.24) is 9.21 Å². The van der Waals surface area contributed by atoms with E-state index in [9.17, 15) is 8.42 Å². The number of hydrogen-bond acceptors (Lipinski definition) is 4. The Morgan fingerprint density at radius 2 is 1.87 bits per heavy atom. The summed E-state index contributed by atoms with van der Waals surface area (Å²) in [5, 5.41) is 0. The van der Waals surface area contributed by atoms with Crippen molar-refractivity contribution in [2.45, 2.75) is 24.9 Å². The minimum atomic E-state index is -3.40. The molecule has 23 heavy (non-hydrogen) atoms. The van der Waals surface area contributed by atoms with Crippen molar-refractivity contribution in [1.29, 1.82) is 0 Å². The first-order valence-corrected chi connectivity index (χ1v) is 9.94. The zero-order valence-corrected chi connectivity index (χ0v) is 15.9. The number of hydrogen-bond donors (Lipinski definition) is 0. The fourth-order valence-corrected chi connectivity index (χ4v) is 4.31. The summed E-state index contributed by atoms with van der Waals surface area (Å²) >= 11 is 7.55. The SMILES string of the molecule is CCN(Cc1cccc(S(=O)(=O)N(C)C)c1)Cc1ccc(Cl)s1. The normalized spacial score (nSPS) is 12.3. The summed E-state index contributed by atoms with van der Waals surface area (Å²) in [6.45, 7) is 4.47. The molecule has 7 heteroatoms. The number of benzene rings is 1. The minimum absolute atomic E-state index is 0.329. The summed E-state index contributed by atoms with van der Waals surface area (Å²) in [6, 6.07) is 11.1. The first kappa shape index (κ1) is 18.4. The van der Waals surface area contributed by atoms with Crippen LogP contribution in [0, 0.1) is 0 Å². The van der Waals surface area contributed by atoms with Crippen molar-refractivity contribution in [2.75, 3.05) is 20.6 Å². The Kier molecular flexibility index (Phi) is 6.22. The van der Waals surface area contributed by atoms with E-state index < -0.39 is 10.0 Å². The van der Waals surface area contributed by atoms with Crippen LogP contribution in [0.25, 0.3) is 0 Å². The number of rotatable bonds is 7. The predicted octanol–water partition coefficient (Wildman–Crippen LogP) is 3.67. The summed E-state index contributed by atoms with van der Waals surface area (Å²) < 4.78 is 26.5. The highest BCUT2D eigenvalue weighted by Crippen LogP contribution is 2.23. The molecule has 0 unspecified atom stereocenters. The molecule has 0 spiro atoms. The van der Waals surface area contributed by atoms with Gasteiger partial charge in [0, 0.05) is 32.1 Å². The van der Waals surface area contributed by atoms with Gasteiger partial charge in [0.1, 0.15) is 0 Å². The van der Waals surface area contributed by atoms with Crippen molar-refractivity contribution in [2.24, 2.45) is 0 Å². The van der Waals surface area contributed by atoms with Gasteiger partial charge in [-0.05, 0) is 36.4 Å². The molecule has 0 aliphatic heterocycles. The van der Waals surface area contributed by atoms with E-state index >= 15 is 0 Å². The molecule has 2 aromatic rings. The third kappa shape index (κ3) is 4.78. The lowest BCUT2D eigenvalue weighted by molar-refractivity contribution is 0.273. The average Bonchev–Trinajstić information content (AvgIpc) is 2.91. The summed E-state index contributed by atoms with van der Waals surface area (Å²) in [7, 11) is -0.313. The average molecular weight is 373 g/mol. The van der Waals surface area contributed by atoms with Gasteiger partial charge in [0.05, 0.1) is 9.23 Å². The highest BCUT2D eigenvalue weighted by molar-refractivity contribution is 7.89. The monoisotopic (exact) mass is 372 g/mol. The van der Waals surface area contributed by atoms with Crippen molar-refractivity contribution < 1.29 is 8.42 Å². The predicted molar refractivity (Wildman–Crippen MR) is 96.4 cm³/mol. The molecule has 1 aromatic carbocycles. The number of sulfonamides is 1. The smallest absolute Gasteiger partial charge is 0.242 e. The van der Waals surface area contributed by atoms with Gasteiger partial charge in [0.15, 0.2) is 0 Å². The summed E-state index contributed by atoms with van der Waals surface area (Å²) in [5.74, 6) is 0. The molecule has 0 radical (unpaired) electrons. The van der Waals surface area contributed by atoms with Gasteiger partial charge < -0.3 is 0 Å². The van der Waals surface area contributed by atoms with Gasteiger partial charge in [-0.25, -0.2) is 12.7 Å². The highest BCUT2D eigenvalue weighted by atomic mass is 35.5. The van der Waals surface area contributed by atoms with Gasteiger partial charge >= 0.3 is 0 Å². The van der Waals surface area contributed by atoms with Crippen LogP contribution in [0.5, 0.6) is 0 Å². The molecule has 1 heterocycles. The van der Waals surface area contributed by atoms with E-state index in [1.54, 1.807) is 43.6 Å². The molecule has 0 N–H and O–H groups in total. The first-order chi connectivity index (χ1) is 10.8. The second-order valence-corrected chi connectivity index (χ2v) is 9.40. The molecule has 4 nitrogen and oxygen atoms in total. The molecule has 0 fully saturated rings. The third-order valence-electron chi connectivity index (χ3n) is 3.54. The van der Waals surface area contributed by atoms with Gasteiger partial charge in [-0.1, -0.05) is 30.7 Å². The fourth-order valence-electron chi connectivity index (χ4n) is 2.21. The van der Waals surface area contributed by atoms with Crippen molar-refractivity contribution in [3.8, 4) is 0 Å². The fraction of sp³-hybridized carbons (Fsp3) is 0.375. The van der Waals surface area contributed by atoms with Gasteiger partial charge in [-0.15, -0.1) is 11.3 Å². The minimum Gasteiger partial charge on any atom is -0.294 e. The first-order valence-electron chi connectivity index (χ1n) is 7.31. The topological polar surface area (TPSA) is 40.6 Å². The molecular formula is C16H21ClN2O2S2. The molecule has 0 atom stereocenters. The summed E-state index contributed by atoms with van der Waals surface area (Å²) in [6.07, 6.45) is 0. The third-order valence-corrected chi connectivity index (χ3v) is 6.57. The molecule has 0 aliphatic rings. The van der Waals surface area contributed by atoms with Gasteiger partial charge in [0.2, 0.25) is 10.0 Å². The van der Waals surface area contributed by atoms with Crippen LogP contribution in [-0.2, 0) is 23.1 Å². The Bertz CT molecular complexity index is 757. The zero-order chi connectivity index (χ0) is 17.0. The van der Waals surface area contributed by atoms with Gasteiger partial charge in [0.25, 0.3) is 0 Å². The lowest BCUT2D eigenvalue weighted by atomic mass is 10.2. The van der Waals surface area contributed by atoms with Crippen LogP contribution in [0.15, 0.2) is 41.3 Å². The molecular weight excluding hydrogens is 352 g/mol. The van der Waals surface area contributed by atoms with E-state index in [1.807, 2.05) is 18.2 Å². The second-order valence-electron chi connectivity index (χ2n) is 5.44. The standard InChI is InChI=1S/C16H21ClN2O2S2/c1-4-19(12-14-8-9-16(17)22-14)11-13-6-5-7-15(10-13)23(20,21)18(2)3/h5-10H,4,11-12H2,1-3H3. The maximum Gasteiger partial charge on any atom is 0.242 e. The molecule has 0 amide bonds. The van der Waals surface area contributed by atoms with E-state index in [2.05, 4.69) is 11.8 Å². The number of halogens is 1. The highest BCUT2D eigenvalue weighted by Gasteiger charge is 2.17. The van der Waals surface area contributed by atoms with Crippen LogP contribution in [0.2, 0.25) is 4.34 Å². The lowest BCUT2D eigenvalue weighted by Crippen LogP contribution is -2.24. The van der Waals surface area contributed by atoms with Crippen molar-refractivity contribution in [3.05, 3.63) is 51.2 Å². The van der Waals surface area contributed by atoms with Crippen LogP contribution < -0.4 is 0 Å². The molecule has 0 bridgehead atoms. The van der Waals surface area contributed by atoms with E-state index in [0.717, 1.165) is 23.0 Å². The molecule has 2 rings (SSSR count). The Balaban J connectivity index is 2.15. The zero-order valence-electron chi connectivity index (χ0n) is 13.5. The number of thiophene rings is 1. The lowest BCUT2D eigenvalue weighted by Gasteiger charge is -2.20. The molecule has 0 saturated heterocycles. The number of nitrogens with zero attached hydrogens (tertiary/aromatic N) is 2. The largest absolute Gasteiger partial charge is 0.294 e. The van der Waals surface area contributed by atoms with Gasteiger partial charge in [-0.3, -0.25) is 4.90 Å². The molecule has 0 aliphatic carbocycles. The quantitative estimate of drug-likeness (QED) is 0.744. The Morgan fingerprint density at radius 3 is 2.43 bits per heavy atom. The molecule has 126 valence electrons. The van der Waals surface area contributed by atoms with E-state index in [-0.39, 0.29) is 0 Å². The maximum atomic E-state index is 12.2. The van der Waals surface area contributed by atoms with Crippen molar-refractivity contribution >= 4 is 33.0 Å². The Hall–Kier alpha value is -0.920. The maximum absolute atomic E-state index is 12.2. The second kappa shape index (κ2) is 7.77. The van der Waals surface area contributed by atoms with Crippen LogP contribution in [0.1, 0.15) is 17.4 Å². The van der Waals surface area contributed by atoms with Gasteiger partial charge in [-0.2, -0.15) is 0 Å².